The second kappa shape index (κ2) is 9.83. The number of amides is 1. The van der Waals surface area contributed by atoms with Gasteiger partial charge in [-0.15, -0.1) is 0 Å². The Morgan fingerprint density at radius 2 is 1.85 bits per heavy atom. The van der Waals surface area contributed by atoms with Gasteiger partial charge in [0.25, 0.3) is 5.91 Å². The Labute approximate surface area is 171 Å². The molecule has 0 bridgehead atoms. The maximum atomic E-state index is 12.4. The van der Waals surface area contributed by atoms with Crippen LogP contribution in [0.25, 0.3) is 6.08 Å². The largest absolute Gasteiger partial charge is 0.497 e. The Morgan fingerprint density at radius 3 is 2.41 bits per heavy atom. The molecule has 6 nitrogen and oxygen atoms in total. The summed E-state index contributed by atoms with van der Waals surface area (Å²) in [6.45, 7) is 0.311. The van der Waals surface area contributed by atoms with Crippen LogP contribution in [0.4, 0.5) is 0 Å². The summed E-state index contributed by atoms with van der Waals surface area (Å²) in [6.07, 6.45) is 1.52. The summed E-state index contributed by atoms with van der Waals surface area (Å²) >= 11 is 2.11. The Hall–Kier alpha value is -2.73. The minimum atomic E-state index is -0.446. The normalized spacial score (nSPS) is 10.7. The van der Waals surface area contributed by atoms with E-state index in [4.69, 9.17) is 14.2 Å². The van der Waals surface area contributed by atoms with E-state index in [0.717, 1.165) is 14.9 Å². The number of nitrogens with one attached hydrogen (secondary N) is 1. The molecule has 0 fully saturated rings. The van der Waals surface area contributed by atoms with Crippen LogP contribution in [-0.2, 0) is 11.3 Å². The first kappa shape index (κ1) is 20.6. The molecule has 0 aromatic heterocycles. The summed E-state index contributed by atoms with van der Waals surface area (Å²) < 4.78 is 16.5. The van der Waals surface area contributed by atoms with Crippen molar-refractivity contribution in [3.63, 3.8) is 0 Å². The van der Waals surface area contributed by atoms with Gasteiger partial charge in [0.15, 0.2) is 11.5 Å². The van der Waals surface area contributed by atoms with Gasteiger partial charge in [0.2, 0.25) is 0 Å². The molecule has 0 unspecified atom stereocenters. The van der Waals surface area contributed by atoms with Gasteiger partial charge in [-0.3, -0.25) is 4.79 Å². The lowest BCUT2D eigenvalue weighted by atomic mass is 10.1. The molecule has 140 valence electrons. The molecule has 27 heavy (non-hydrogen) atoms. The highest BCUT2D eigenvalue weighted by Gasteiger charge is 2.13. The van der Waals surface area contributed by atoms with E-state index >= 15 is 0 Å². The molecule has 0 saturated heterocycles. The van der Waals surface area contributed by atoms with Gasteiger partial charge in [0.1, 0.15) is 17.4 Å². The predicted molar refractivity (Wildman–Crippen MR) is 111 cm³/mol. The smallest absolute Gasteiger partial charge is 0.262 e. The van der Waals surface area contributed by atoms with E-state index < -0.39 is 5.91 Å². The number of nitriles is 1. The predicted octanol–water partition coefficient (Wildman–Crippen LogP) is 3.54. The Bertz CT molecular complexity index is 886. The molecular formula is C20H19IN2O4. The number of carbonyl (C=O) groups is 1. The van der Waals surface area contributed by atoms with E-state index in [-0.39, 0.29) is 5.57 Å². The van der Waals surface area contributed by atoms with Gasteiger partial charge in [0, 0.05) is 6.54 Å². The van der Waals surface area contributed by atoms with Gasteiger partial charge in [-0.25, -0.2) is 0 Å². The number of rotatable bonds is 7. The van der Waals surface area contributed by atoms with Crippen LogP contribution in [0.15, 0.2) is 42.0 Å². The molecule has 0 saturated carbocycles. The molecule has 0 aliphatic heterocycles. The second-order valence-electron chi connectivity index (χ2n) is 5.44. The van der Waals surface area contributed by atoms with Crippen molar-refractivity contribution in [2.45, 2.75) is 6.54 Å². The Balaban J connectivity index is 2.16. The zero-order chi connectivity index (χ0) is 19.8. The highest BCUT2D eigenvalue weighted by atomic mass is 127. The molecular weight excluding hydrogens is 459 g/mol. The van der Waals surface area contributed by atoms with E-state index in [9.17, 15) is 10.1 Å². The first-order valence-electron chi connectivity index (χ1n) is 7.96. The van der Waals surface area contributed by atoms with Gasteiger partial charge in [-0.1, -0.05) is 12.1 Å². The average Bonchev–Trinajstić information content (AvgIpc) is 2.70. The maximum Gasteiger partial charge on any atom is 0.262 e. The first-order chi connectivity index (χ1) is 13.0. The zero-order valence-electron chi connectivity index (χ0n) is 15.2. The molecule has 1 N–H and O–H groups in total. The van der Waals surface area contributed by atoms with E-state index in [2.05, 4.69) is 27.9 Å². The monoisotopic (exact) mass is 478 g/mol. The van der Waals surface area contributed by atoms with Crippen LogP contribution < -0.4 is 19.5 Å². The zero-order valence-corrected chi connectivity index (χ0v) is 17.4. The van der Waals surface area contributed by atoms with Crippen molar-refractivity contribution in [1.29, 1.82) is 5.26 Å². The first-order valence-corrected chi connectivity index (χ1v) is 9.04. The number of methoxy groups -OCH3 is 3. The van der Waals surface area contributed by atoms with Gasteiger partial charge < -0.3 is 19.5 Å². The van der Waals surface area contributed by atoms with Crippen LogP contribution in [-0.4, -0.2) is 27.2 Å². The molecule has 2 aromatic rings. The molecule has 0 spiro atoms. The summed E-state index contributed by atoms with van der Waals surface area (Å²) in [4.78, 5) is 12.4. The lowest BCUT2D eigenvalue weighted by Crippen LogP contribution is -2.23. The van der Waals surface area contributed by atoms with Gasteiger partial charge in [-0.2, -0.15) is 5.26 Å². The molecule has 2 rings (SSSR count). The van der Waals surface area contributed by atoms with Crippen LogP contribution >= 0.6 is 22.6 Å². The third kappa shape index (κ3) is 5.37. The molecule has 0 aliphatic carbocycles. The molecule has 0 atom stereocenters. The standard InChI is InChI=1S/C20H19IN2O4/c1-25-16-6-4-13(5-7-16)12-23-20(24)15(11-22)8-14-9-17(21)19(27-3)18(10-14)26-2/h4-10H,12H2,1-3H3,(H,23,24)/b15-8+. The van der Waals surface area contributed by atoms with Crippen LogP contribution in [0.2, 0.25) is 0 Å². The van der Waals surface area contributed by atoms with Crippen molar-refractivity contribution >= 4 is 34.6 Å². The van der Waals surface area contributed by atoms with Crippen LogP contribution in [0.5, 0.6) is 17.2 Å². The molecule has 1 amide bonds. The van der Waals surface area contributed by atoms with E-state index in [1.807, 2.05) is 36.4 Å². The summed E-state index contributed by atoms with van der Waals surface area (Å²) in [5.74, 6) is 1.44. The molecule has 0 radical (unpaired) electrons. The van der Waals surface area contributed by atoms with Crippen LogP contribution in [0, 0.1) is 14.9 Å². The number of carbonyl (C=O) groups excluding carboxylic acids is 1. The number of ether oxygens (including phenoxy) is 3. The SMILES string of the molecule is COc1ccc(CNC(=O)/C(C#N)=C/c2cc(I)c(OC)c(OC)c2)cc1. The molecule has 0 heterocycles. The third-order valence-electron chi connectivity index (χ3n) is 3.74. The lowest BCUT2D eigenvalue weighted by molar-refractivity contribution is -0.117. The third-order valence-corrected chi connectivity index (χ3v) is 4.55. The number of nitrogens with zero attached hydrogens (tertiary/aromatic N) is 1. The van der Waals surface area contributed by atoms with Crippen LogP contribution in [0.3, 0.4) is 0 Å². The van der Waals surface area contributed by atoms with Crippen molar-refractivity contribution in [2.75, 3.05) is 21.3 Å². The highest BCUT2D eigenvalue weighted by molar-refractivity contribution is 14.1. The minimum Gasteiger partial charge on any atom is -0.497 e. The minimum absolute atomic E-state index is 0.00605. The van der Waals surface area contributed by atoms with Crippen molar-refractivity contribution < 1.29 is 19.0 Å². The number of halogens is 1. The molecule has 7 heteroatoms. The van der Waals surface area contributed by atoms with Crippen molar-refractivity contribution in [3.05, 3.63) is 56.7 Å². The van der Waals surface area contributed by atoms with Crippen LogP contribution in [0.1, 0.15) is 11.1 Å². The van der Waals surface area contributed by atoms with E-state index in [1.54, 1.807) is 20.3 Å². The van der Waals surface area contributed by atoms with E-state index in [1.165, 1.54) is 13.2 Å². The van der Waals surface area contributed by atoms with Gasteiger partial charge in [-0.05, 0) is 64.1 Å². The number of hydrogen-bond donors (Lipinski definition) is 1. The lowest BCUT2D eigenvalue weighted by Gasteiger charge is -2.11. The Morgan fingerprint density at radius 1 is 1.15 bits per heavy atom. The van der Waals surface area contributed by atoms with Crippen molar-refractivity contribution in [3.8, 4) is 23.3 Å². The second-order valence-corrected chi connectivity index (χ2v) is 6.60. The number of benzene rings is 2. The fraction of sp³-hybridized carbons (Fsp3) is 0.200. The molecule has 2 aromatic carbocycles. The maximum absolute atomic E-state index is 12.4. The fourth-order valence-electron chi connectivity index (χ4n) is 2.36. The summed E-state index contributed by atoms with van der Waals surface area (Å²) in [7, 11) is 4.69. The topological polar surface area (TPSA) is 80.6 Å². The average molecular weight is 478 g/mol. The summed E-state index contributed by atoms with van der Waals surface area (Å²) in [6, 6.07) is 12.8. The van der Waals surface area contributed by atoms with Gasteiger partial charge >= 0.3 is 0 Å². The highest BCUT2D eigenvalue weighted by Crippen LogP contribution is 2.34. The Kier molecular flexibility index (Phi) is 7.49. The number of hydrogen-bond acceptors (Lipinski definition) is 5. The van der Waals surface area contributed by atoms with Gasteiger partial charge in [0.05, 0.1) is 24.9 Å². The summed E-state index contributed by atoms with van der Waals surface area (Å²) in [5, 5.41) is 12.1. The molecule has 0 aliphatic rings. The quantitative estimate of drug-likeness (QED) is 0.374. The fourth-order valence-corrected chi connectivity index (χ4v) is 3.20. The van der Waals surface area contributed by atoms with Crippen molar-refractivity contribution in [2.24, 2.45) is 0 Å². The van der Waals surface area contributed by atoms with Crippen molar-refractivity contribution in [1.82, 2.24) is 5.32 Å². The summed E-state index contributed by atoms with van der Waals surface area (Å²) in [5.41, 5.74) is 1.59. The van der Waals surface area contributed by atoms with E-state index in [0.29, 0.717) is 23.6 Å².